The van der Waals surface area contributed by atoms with E-state index in [0.717, 1.165) is 49.9 Å². The SMILES string of the molecule is CCOC(=O)NC1CCCN(c2nc(OC(O)(O)C34CCCN3CCC4)nc3c(F)c(-c4cc(C)cc5[nH]ncc45)ncc23)C1. The molecule has 4 aromatic rings. The maximum absolute atomic E-state index is 16.7. The summed E-state index contributed by atoms with van der Waals surface area (Å²) in [5, 5.41) is 33.9. The summed E-state index contributed by atoms with van der Waals surface area (Å²) in [7, 11) is 0. The third-order valence-electron chi connectivity index (χ3n) is 9.40. The van der Waals surface area contributed by atoms with Crippen LogP contribution in [0.25, 0.3) is 33.1 Å². The zero-order valence-electron chi connectivity index (χ0n) is 25.3. The predicted molar refractivity (Wildman–Crippen MR) is 163 cm³/mol. The van der Waals surface area contributed by atoms with E-state index in [1.54, 1.807) is 13.1 Å². The van der Waals surface area contributed by atoms with Crippen LogP contribution in [0, 0.1) is 12.7 Å². The van der Waals surface area contributed by atoms with Crippen molar-refractivity contribution in [3.8, 4) is 17.3 Å². The van der Waals surface area contributed by atoms with Crippen LogP contribution in [0.2, 0.25) is 0 Å². The molecule has 3 fully saturated rings. The second-order valence-corrected chi connectivity index (χ2v) is 12.2. The molecule has 0 spiro atoms. The molecule has 0 radical (unpaired) electrons. The molecule has 45 heavy (non-hydrogen) atoms. The maximum Gasteiger partial charge on any atom is 0.407 e. The number of halogens is 1. The standard InChI is InChI=1S/C31H37FN8O5/c1-3-44-29(41)35-19-7-4-10-39(17-19)27-22-15-33-25(20-13-18(2)14-23-21(20)16-34-38-23)24(32)26(22)36-28(37-27)45-31(42,43)30-8-5-11-40(30)12-6-9-30/h13-16,19,42-43H,3-12,17H2,1-2H3,(H,34,38)(H,35,41). The van der Waals surface area contributed by atoms with Crippen LogP contribution in [0.1, 0.15) is 51.0 Å². The van der Waals surface area contributed by atoms with E-state index >= 15 is 4.39 Å². The average Bonchev–Trinajstić information content (AvgIpc) is 3.74. The van der Waals surface area contributed by atoms with Crippen molar-refractivity contribution in [1.82, 2.24) is 35.4 Å². The molecule has 14 heteroatoms. The zero-order valence-corrected chi connectivity index (χ0v) is 25.3. The Balaban J connectivity index is 1.33. The van der Waals surface area contributed by atoms with E-state index in [4.69, 9.17) is 9.47 Å². The molecule has 0 saturated carbocycles. The molecule has 1 amide bonds. The summed E-state index contributed by atoms with van der Waals surface area (Å²) in [4.78, 5) is 29.8. The lowest BCUT2D eigenvalue weighted by Gasteiger charge is -2.41. The van der Waals surface area contributed by atoms with Crippen molar-refractivity contribution in [3.63, 3.8) is 0 Å². The van der Waals surface area contributed by atoms with Crippen LogP contribution >= 0.6 is 0 Å². The fraction of sp³-hybridized carbons (Fsp3) is 0.516. The number of rotatable bonds is 7. The number of carbonyl (C=O) groups excluding carboxylic acids is 1. The number of piperidine rings is 1. The van der Waals surface area contributed by atoms with Gasteiger partial charge in [-0.1, -0.05) is 0 Å². The van der Waals surface area contributed by atoms with Gasteiger partial charge in [-0.05, 0) is 83.2 Å². The van der Waals surface area contributed by atoms with Crippen molar-refractivity contribution in [2.75, 3.05) is 37.7 Å². The molecular formula is C31H37FN8O5. The second-order valence-electron chi connectivity index (χ2n) is 12.2. The van der Waals surface area contributed by atoms with Crippen molar-refractivity contribution in [2.24, 2.45) is 0 Å². The smallest absolute Gasteiger partial charge is 0.407 e. The number of nitrogens with one attached hydrogen (secondary N) is 2. The van der Waals surface area contributed by atoms with Crippen LogP contribution in [0.3, 0.4) is 0 Å². The lowest BCUT2D eigenvalue weighted by molar-refractivity contribution is -0.349. The van der Waals surface area contributed by atoms with Crippen LogP contribution in [0.4, 0.5) is 15.0 Å². The molecule has 3 saturated heterocycles. The molecule has 3 aliphatic rings. The maximum atomic E-state index is 16.7. The van der Waals surface area contributed by atoms with Crippen molar-refractivity contribution in [2.45, 2.75) is 69.9 Å². The van der Waals surface area contributed by atoms with Crippen molar-refractivity contribution < 1.29 is 28.9 Å². The summed E-state index contributed by atoms with van der Waals surface area (Å²) in [5.74, 6) is -2.98. The summed E-state index contributed by atoms with van der Waals surface area (Å²) < 4.78 is 27.6. The van der Waals surface area contributed by atoms with E-state index in [1.807, 2.05) is 28.9 Å². The number of aromatic nitrogens is 5. The van der Waals surface area contributed by atoms with Gasteiger partial charge in [0.15, 0.2) is 5.82 Å². The summed E-state index contributed by atoms with van der Waals surface area (Å²) >= 11 is 0. The van der Waals surface area contributed by atoms with Gasteiger partial charge in [-0.25, -0.2) is 9.18 Å². The van der Waals surface area contributed by atoms with E-state index in [9.17, 15) is 15.0 Å². The molecular weight excluding hydrogens is 583 g/mol. The van der Waals surface area contributed by atoms with E-state index in [-0.39, 0.29) is 29.9 Å². The fourth-order valence-corrected chi connectivity index (χ4v) is 7.37. The molecule has 1 unspecified atom stereocenters. The first kappa shape index (κ1) is 29.6. The molecule has 1 atom stereocenters. The van der Waals surface area contributed by atoms with Crippen molar-refractivity contribution in [3.05, 3.63) is 35.9 Å². The van der Waals surface area contributed by atoms with E-state index in [0.29, 0.717) is 48.1 Å². The quantitative estimate of drug-likeness (QED) is 0.224. The summed E-state index contributed by atoms with van der Waals surface area (Å²) in [6.45, 7) is 6.30. The average molecular weight is 621 g/mol. The molecule has 3 aromatic heterocycles. The monoisotopic (exact) mass is 620 g/mol. The minimum atomic E-state index is -2.60. The number of anilines is 1. The third-order valence-corrected chi connectivity index (χ3v) is 9.40. The van der Waals surface area contributed by atoms with Crippen molar-refractivity contribution >= 4 is 33.7 Å². The summed E-state index contributed by atoms with van der Waals surface area (Å²) in [5.41, 5.74) is 1.19. The largest absolute Gasteiger partial charge is 0.450 e. The molecule has 4 N–H and O–H groups in total. The molecule has 6 heterocycles. The van der Waals surface area contributed by atoms with Crippen LogP contribution < -0.4 is 15.0 Å². The third kappa shape index (κ3) is 5.10. The summed E-state index contributed by atoms with van der Waals surface area (Å²) in [6.07, 6.45) is 6.79. The highest BCUT2D eigenvalue weighted by atomic mass is 19.1. The van der Waals surface area contributed by atoms with Gasteiger partial charge < -0.3 is 29.9 Å². The number of hydrogen-bond acceptors (Lipinski definition) is 11. The van der Waals surface area contributed by atoms with E-state index < -0.39 is 23.4 Å². The number of aromatic amines is 1. The topological polar surface area (TPSA) is 162 Å². The highest BCUT2D eigenvalue weighted by molar-refractivity contribution is 5.98. The van der Waals surface area contributed by atoms with Crippen LogP contribution in [-0.2, 0) is 4.74 Å². The first-order valence-corrected chi connectivity index (χ1v) is 15.6. The van der Waals surface area contributed by atoms with E-state index in [2.05, 4.69) is 30.5 Å². The summed E-state index contributed by atoms with van der Waals surface area (Å²) in [6, 6.07) is 3.16. The number of aryl methyl sites for hydroxylation is 1. The number of nitrogens with zero attached hydrogens (tertiary/aromatic N) is 6. The number of amides is 1. The number of alkyl carbamates (subject to hydrolysis) is 1. The first-order chi connectivity index (χ1) is 21.7. The van der Waals surface area contributed by atoms with Gasteiger partial charge in [0, 0.05) is 36.3 Å². The molecule has 3 aliphatic heterocycles. The first-order valence-electron chi connectivity index (χ1n) is 15.6. The van der Waals surface area contributed by atoms with Gasteiger partial charge in [0.25, 0.3) is 0 Å². The van der Waals surface area contributed by atoms with Gasteiger partial charge in [-0.2, -0.15) is 15.1 Å². The fourth-order valence-electron chi connectivity index (χ4n) is 7.37. The number of benzene rings is 1. The molecule has 1 aromatic carbocycles. The Labute approximate surface area is 258 Å². The number of H-pyrrole nitrogens is 1. The Morgan fingerprint density at radius 3 is 2.73 bits per heavy atom. The Morgan fingerprint density at radius 2 is 1.96 bits per heavy atom. The number of hydrogen-bond donors (Lipinski definition) is 4. The van der Waals surface area contributed by atoms with Gasteiger partial charge in [-0.3, -0.25) is 15.0 Å². The van der Waals surface area contributed by atoms with E-state index in [1.165, 1.54) is 6.20 Å². The van der Waals surface area contributed by atoms with Gasteiger partial charge in [0.05, 0.1) is 23.7 Å². The lowest BCUT2D eigenvalue weighted by Crippen LogP contribution is -2.62. The lowest BCUT2D eigenvalue weighted by atomic mass is 9.91. The Hall–Kier alpha value is -4.14. The van der Waals surface area contributed by atoms with Crippen LogP contribution in [0.5, 0.6) is 6.01 Å². The minimum absolute atomic E-state index is 0.0679. The van der Waals surface area contributed by atoms with Gasteiger partial charge >= 0.3 is 18.1 Å². The number of aliphatic hydroxyl groups is 2. The highest BCUT2D eigenvalue weighted by Gasteiger charge is 2.60. The number of fused-ring (bicyclic) bond motifs is 3. The van der Waals surface area contributed by atoms with Gasteiger partial charge in [-0.15, -0.1) is 0 Å². The highest BCUT2D eigenvalue weighted by Crippen LogP contribution is 2.46. The Bertz CT molecular complexity index is 1750. The number of carbonyl (C=O) groups is 1. The van der Waals surface area contributed by atoms with Gasteiger partial charge in [0.1, 0.15) is 22.6 Å². The minimum Gasteiger partial charge on any atom is -0.450 e. The molecule has 238 valence electrons. The molecule has 0 aliphatic carbocycles. The Kier molecular flexibility index (Phi) is 7.45. The molecule has 13 nitrogen and oxygen atoms in total. The molecule has 0 bridgehead atoms. The number of pyridine rings is 1. The van der Waals surface area contributed by atoms with Crippen LogP contribution in [-0.4, -0.2) is 96.7 Å². The van der Waals surface area contributed by atoms with Crippen LogP contribution in [0.15, 0.2) is 24.5 Å². The van der Waals surface area contributed by atoms with Gasteiger partial charge in [0.2, 0.25) is 0 Å². The Morgan fingerprint density at radius 1 is 1.16 bits per heavy atom. The normalized spacial score (nSPS) is 20.1. The second kappa shape index (κ2) is 11.3. The van der Waals surface area contributed by atoms with Crippen molar-refractivity contribution in [1.29, 1.82) is 0 Å². The predicted octanol–water partition coefficient (Wildman–Crippen LogP) is 3.38. The zero-order chi connectivity index (χ0) is 31.3. The molecule has 7 rings (SSSR count). The number of ether oxygens (including phenoxy) is 2.